The van der Waals surface area contributed by atoms with Gasteiger partial charge in [0, 0.05) is 19.5 Å². The smallest absolute Gasteiger partial charge is 0.263 e. The number of oxazole rings is 1. The molecule has 3 heterocycles. The summed E-state index contributed by atoms with van der Waals surface area (Å²) in [6, 6.07) is 10.4. The third kappa shape index (κ3) is 3.55. The first-order chi connectivity index (χ1) is 12.7. The maximum absolute atomic E-state index is 13.8. The summed E-state index contributed by atoms with van der Waals surface area (Å²) in [6.07, 6.45) is 3.91. The lowest BCUT2D eigenvalue weighted by atomic mass is 9.98. The highest BCUT2D eigenvalue weighted by atomic mass is 32.1. The second-order valence-electron chi connectivity index (χ2n) is 6.50. The number of hydrogen-bond acceptors (Lipinski definition) is 4. The van der Waals surface area contributed by atoms with Gasteiger partial charge in [-0.25, -0.2) is 9.37 Å². The number of thiophene rings is 1. The van der Waals surface area contributed by atoms with Crippen molar-refractivity contribution >= 4 is 17.2 Å². The first-order valence-electron chi connectivity index (χ1n) is 8.71. The van der Waals surface area contributed by atoms with Gasteiger partial charge in [-0.3, -0.25) is 4.79 Å². The second kappa shape index (κ2) is 7.41. The predicted molar refractivity (Wildman–Crippen MR) is 97.9 cm³/mol. The first kappa shape index (κ1) is 17.0. The van der Waals surface area contributed by atoms with Crippen molar-refractivity contribution in [3.05, 3.63) is 75.9 Å². The zero-order valence-electron chi connectivity index (χ0n) is 14.2. The number of carbonyl (C=O) groups is 1. The van der Waals surface area contributed by atoms with Gasteiger partial charge in [0.25, 0.3) is 5.91 Å². The van der Waals surface area contributed by atoms with E-state index in [1.54, 1.807) is 18.3 Å². The number of likely N-dealkylation sites (tertiary alicyclic amines) is 1. The number of piperidine rings is 1. The Balaban J connectivity index is 1.45. The van der Waals surface area contributed by atoms with Crippen molar-refractivity contribution in [3.63, 3.8) is 0 Å². The number of hydrogen-bond donors (Lipinski definition) is 0. The maximum atomic E-state index is 13.8. The van der Waals surface area contributed by atoms with E-state index in [1.165, 1.54) is 17.4 Å². The third-order valence-corrected chi connectivity index (χ3v) is 5.54. The molecule has 0 saturated carbocycles. The van der Waals surface area contributed by atoms with Gasteiger partial charge in [-0.15, -0.1) is 11.3 Å². The molecule has 0 N–H and O–H groups in total. The summed E-state index contributed by atoms with van der Waals surface area (Å²) in [4.78, 5) is 19.6. The van der Waals surface area contributed by atoms with Gasteiger partial charge in [-0.05, 0) is 35.9 Å². The van der Waals surface area contributed by atoms with Crippen LogP contribution in [-0.4, -0.2) is 28.9 Å². The molecule has 1 aromatic carbocycles. The van der Waals surface area contributed by atoms with Gasteiger partial charge < -0.3 is 9.32 Å². The minimum Gasteiger partial charge on any atom is -0.445 e. The fourth-order valence-electron chi connectivity index (χ4n) is 3.34. The number of aromatic nitrogens is 1. The summed E-state index contributed by atoms with van der Waals surface area (Å²) >= 11 is 1.46. The Morgan fingerprint density at radius 2 is 2.19 bits per heavy atom. The molecule has 0 spiro atoms. The molecule has 0 bridgehead atoms. The first-order valence-corrected chi connectivity index (χ1v) is 9.59. The summed E-state index contributed by atoms with van der Waals surface area (Å²) < 4.78 is 19.7. The summed E-state index contributed by atoms with van der Waals surface area (Å²) in [5, 5.41) is 1.91. The van der Waals surface area contributed by atoms with E-state index in [9.17, 15) is 9.18 Å². The molecule has 26 heavy (non-hydrogen) atoms. The normalized spacial score (nSPS) is 17.4. The molecule has 1 saturated heterocycles. The van der Waals surface area contributed by atoms with Crippen molar-refractivity contribution in [2.24, 2.45) is 0 Å². The van der Waals surface area contributed by atoms with Gasteiger partial charge in [0.2, 0.25) is 0 Å². The van der Waals surface area contributed by atoms with Crippen LogP contribution < -0.4 is 0 Å². The van der Waals surface area contributed by atoms with Crippen LogP contribution in [-0.2, 0) is 6.42 Å². The lowest BCUT2D eigenvalue weighted by Crippen LogP contribution is -2.38. The molecule has 4 nitrogen and oxygen atoms in total. The number of benzene rings is 1. The fraction of sp³-hybridized carbons (Fsp3) is 0.300. The van der Waals surface area contributed by atoms with E-state index in [2.05, 4.69) is 4.98 Å². The fourth-order valence-corrected chi connectivity index (χ4v) is 4.03. The maximum Gasteiger partial charge on any atom is 0.263 e. The molecular formula is C20H19FN2O2S. The van der Waals surface area contributed by atoms with Gasteiger partial charge in [-0.1, -0.05) is 24.3 Å². The molecule has 1 amide bonds. The predicted octanol–water partition coefficient (Wildman–Crippen LogP) is 4.49. The highest BCUT2D eigenvalue weighted by Gasteiger charge is 2.28. The molecule has 3 aromatic rings. The number of carbonyl (C=O) groups excluding carboxylic acids is 1. The van der Waals surface area contributed by atoms with Crippen LogP contribution in [0, 0.1) is 5.82 Å². The highest BCUT2D eigenvalue weighted by molar-refractivity contribution is 7.12. The largest absolute Gasteiger partial charge is 0.445 e. The van der Waals surface area contributed by atoms with Gasteiger partial charge in [0.15, 0.2) is 5.89 Å². The molecular weight excluding hydrogens is 351 g/mol. The van der Waals surface area contributed by atoms with Crippen LogP contribution in [0.3, 0.4) is 0 Å². The Bertz CT molecular complexity index is 891. The van der Waals surface area contributed by atoms with Gasteiger partial charge in [0.05, 0.1) is 17.0 Å². The van der Waals surface area contributed by atoms with E-state index in [4.69, 9.17) is 4.42 Å². The summed E-state index contributed by atoms with van der Waals surface area (Å²) in [6.45, 7) is 1.37. The molecule has 1 fully saturated rings. The van der Waals surface area contributed by atoms with Crippen LogP contribution in [0.4, 0.5) is 4.39 Å². The van der Waals surface area contributed by atoms with Crippen molar-refractivity contribution < 1.29 is 13.6 Å². The molecule has 134 valence electrons. The lowest BCUT2D eigenvalue weighted by molar-refractivity contribution is 0.0703. The third-order valence-electron chi connectivity index (χ3n) is 4.68. The Morgan fingerprint density at radius 3 is 3.00 bits per heavy atom. The average Bonchev–Trinajstić information content (AvgIpc) is 3.35. The second-order valence-corrected chi connectivity index (χ2v) is 7.45. The van der Waals surface area contributed by atoms with Crippen molar-refractivity contribution in [3.8, 4) is 0 Å². The SMILES string of the molecule is O=C(c1cccs1)N1CCC[C@@H](c2ncc(Cc3ccccc3F)o2)C1. The number of nitrogens with zero attached hydrogens (tertiary/aromatic N) is 2. The molecule has 1 aliphatic heterocycles. The summed E-state index contributed by atoms with van der Waals surface area (Å²) in [5.74, 6) is 1.20. The number of amides is 1. The topological polar surface area (TPSA) is 46.3 Å². The zero-order chi connectivity index (χ0) is 17.9. The van der Waals surface area contributed by atoms with Crippen molar-refractivity contribution in [1.82, 2.24) is 9.88 Å². The standard InChI is InChI=1S/C20H19FN2O2S/c21-17-7-2-1-5-14(17)11-16-12-22-19(25-16)15-6-3-9-23(13-15)20(24)18-8-4-10-26-18/h1-2,4-5,7-8,10,12,15H,3,6,9,11,13H2/t15-/m1/s1. The van der Waals surface area contributed by atoms with Gasteiger partial charge in [0.1, 0.15) is 11.6 Å². The molecule has 0 unspecified atom stereocenters. The Morgan fingerprint density at radius 1 is 1.31 bits per heavy atom. The lowest BCUT2D eigenvalue weighted by Gasteiger charge is -2.31. The van der Waals surface area contributed by atoms with Gasteiger partial charge >= 0.3 is 0 Å². The Labute approximate surface area is 155 Å². The average molecular weight is 370 g/mol. The van der Waals surface area contributed by atoms with E-state index >= 15 is 0 Å². The molecule has 0 aliphatic carbocycles. The molecule has 2 aromatic heterocycles. The van der Waals surface area contributed by atoms with Gasteiger partial charge in [-0.2, -0.15) is 0 Å². The van der Waals surface area contributed by atoms with E-state index < -0.39 is 0 Å². The summed E-state index contributed by atoms with van der Waals surface area (Å²) in [7, 11) is 0. The van der Waals surface area contributed by atoms with E-state index in [-0.39, 0.29) is 17.6 Å². The van der Waals surface area contributed by atoms with Crippen LogP contribution in [0.2, 0.25) is 0 Å². The van der Waals surface area contributed by atoms with Crippen LogP contribution in [0.15, 0.2) is 52.4 Å². The number of rotatable bonds is 4. The quantitative estimate of drug-likeness (QED) is 0.680. The summed E-state index contributed by atoms with van der Waals surface area (Å²) in [5.41, 5.74) is 0.591. The van der Waals surface area contributed by atoms with Crippen LogP contribution in [0.1, 0.15) is 45.6 Å². The molecule has 6 heteroatoms. The molecule has 0 radical (unpaired) electrons. The molecule has 1 aliphatic rings. The van der Waals surface area contributed by atoms with Crippen LogP contribution in [0.5, 0.6) is 0 Å². The Kier molecular flexibility index (Phi) is 4.84. The van der Waals surface area contributed by atoms with E-state index in [1.807, 2.05) is 28.5 Å². The van der Waals surface area contributed by atoms with Crippen molar-refractivity contribution in [1.29, 1.82) is 0 Å². The minimum absolute atomic E-state index is 0.0721. The molecule has 4 rings (SSSR count). The molecule has 1 atom stereocenters. The van der Waals surface area contributed by atoms with Crippen LogP contribution >= 0.6 is 11.3 Å². The zero-order valence-corrected chi connectivity index (χ0v) is 15.0. The van der Waals surface area contributed by atoms with Crippen molar-refractivity contribution in [2.45, 2.75) is 25.2 Å². The Hall–Kier alpha value is -2.47. The van der Waals surface area contributed by atoms with Crippen LogP contribution in [0.25, 0.3) is 0 Å². The van der Waals surface area contributed by atoms with Crippen molar-refractivity contribution in [2.75, 3.05) is 13.1 Å². The minimum atomic E-state index is -0.240. The highest BCUT2D eigenvalue weighted by Crippen LogP contribution is 2.28. The van der Waals surface area contributed by atoms with E-state index in [0.717, 1.165) is 24.3 Å². The van der Waals surface area contributed by atoms with E-state index in [0.29, 0.717) is 30.2 Å². The monoisotopic (exact) mass is 370 g/mol. The number of halogens is 1.